The maximum atomic E-state index is 12.6. The molecule has 10 nitrogen and oxygen atoms in total. The van der Waals surface area contributed by atoms with E-state index in [0.717, 1.165) is 0 Å². The van der Waals surface area contributed by atoms with E-state index in [-0.39, 0.29) is 49.7 Å². The second-order valence-electron chi connectivity index (χ2n) is 9.14. The molecule has 0 saturated carbocycles. The third-order valence-electron chi connectivity index (χ3n) is 4.96. The van der Waals surface area contributed by atoms with Crippen molar-refractivity contribution in [3.8, 4) is 11.5 Å². The van der Waals surface area contributed by atoms with Gasteiger partial charge in [-0.05, 0) is 43.4 Å². The molecule has 0 aliphatic rings. The van der Waals surface area contributed by atoms with Crippen molar-refractivity contribution in [2.45, 2.75) is 84.8 Å². The lowest BCUT2D eigenvalue weighted by molar-refractivity contribution is -0.148. The number of esters is 3. The molecule has 0 amide bonds. The Balaban J connectivity index is 3.15. The van der Waals surface area contributed by atoms with Gasteiger partial charge in [-0.2, -0.15) is 0 Å². The van der Waals surface area contributed by atoms with Crippen LogP contribution in [0.25, 0.3) is 0 Å². The lowest BCUT2D eigenvalue weighted by atomic mass is 9.86. The molecular weight excluding hydrogens is 470 g/mol. The second kappa shape index (κ2) is 15.1. The number of carbonyl (C=O) groups excluding carboxylic acids is 4. The van der Waals surface area contributed by atoms with Gasteiger partial charge in [0.2, 0.25) is 0 Å². The van der Waals surface area contributed by atoms with Gasteiger partial charge in [0.05, 0.1) is 13.7 Å². The first-order valence-electron chi connectivity index (χ1n) is 12.2. The average molecular weight is 510 g/mol. The van der Waals surface area contributed by atoms with Gasteiger partial charge in [0.15, 0.2) is 11.5 Å². The molecule has 1 unspecified atom stereocenters. The molecule has 0 bridgehead atoms. The standard InChI is InChI=1S/C26H39NO9/c1-7-9-22(28)35-20-12-11-19(13-21(20)36-23(29)10-8-2)15-26(27,24(30)32-6)14-18(5)34-25(31)33-16-17(3)4/h11-13,17-18H,7-10,14-16,27H2,1-6H3/t18-,26?/m0/s1. The summed E-state index contributed by atoms with van der Waals surface area (Å²) >= 11 is 0. The lowest BCUT2D eigenvalue weighted by Gasteiger charge is -2.29. The van der Waals surface area contributed by atoms with Gasteiger partial charge in [-0.1, -0.05) is 33.8 Å². The van der Waals surface area contributed by atoms with Gasteiger partial charge in [-0.3, -0.25) is 14.4 Å². The fraction of sp³-hybridized carbons (Fsp3) is 0.615. The van der Waals surface area contributed by atoms with Crippen molar-refractivity contribution in [3.05, 3.63) is 23.8 Å². The van der Waals surface area contributed by atoms with Crippen LogP contribution >= 0.6 is 0 Å². The van der Waals surface area contributed by atoms with Crippen LogP contribution in [0.4, 0.5) is 4.79 Å². The minimum absolute atomic E-state index is 0.0318. The third-order valence-corrected chi connectivity index (χ3v) is 4.96. The van der Waals surface area contributed by atoms with Crippen LogP contribution < -0.4 is 15.2 Å². The van der Waals surface area contributed by atoms with E-state index in [2.05, 4.69) is 0 Å². The normalized spacial score (nSPS) is 13.3. The molecule has 202 valence electrons. The summed E-state index contributed by atoms with van der Waals surface area (Å²) < 4.78 is 26.0. The van der Waals surface area contributed by atoms with Gasteiger partial charge in [-0.25, -0.2) is 4.79 Å². The molecule has 0 spiro atoms. The molecule has 1 rings (SSSR count). The van der Waals surface area contributed by atoms with E-state index in [4.69, 9.17) is 29.4 Å². The largest absolute Gasteiger partial charge is 0.508 e. The average Bonchev–Trinajstić information content (AvgIpc) is 2.78. The molecule has 2 atom stereocenters. The van der Waals surface area contributed by atoms with Crippen LogP contribution in [0.5, 0.6) is 11.5 Å². The van der Waals surface area contributed by atoms with Crippen LogP contribution in [-0.4, -0.2) is 49.4 Å². The zero-order valence-corrected chi connectivity index (χ0v) is 22.1. The van der Waals surface area contributed by atoms with Crippen molar-refractivity contribution in [3.63, 3.8) is 0 Å². The summed E-state index contributed by atoms with van der Waals surface area (Å²) in [5.74, 6) is -1.39. The molecule has 0 heterocycles. The Morgan fingerprint density at radius 3 is 2.06 bits per heavy atom. The Kier molecular flexibility index (Phi) is 12.9. The van der Waals surface area contributed by atoms with E-state index in [1.54, 1.807) is 13.0 Å². The zero-order chi connectivity index (χ0) is 27.3. The second-order valence-corrected chi connectivity index (χ2v) is 9.14. The Labute approximate surface area is 212 Å². The van der Waals surface area contributed by atoms with Gasteiger partial charge in [-0.15, -0.1) is 0 Å². The fourth-order valence-corrected chi connectivity index (χ4v) is 3.36. The Morgan fingerprint density at radius 2 is 1.53 bits per heavy atom. The van der Waals surface area contributed by atoms with Crippen LogP contribution in [0.1, 0.15) is 72.3 Å². The minimum atomic E-state index is -1.57. The van der Waals surface area contributed by atoms with Crippen molar-refractivity contribution < 1.29 is 42.9 Å². The molecule has 0 aromatic heterocycles. The highest BCUT2D eigenvalue weighted by Gasteiger charge is 2.38. The molecule has 1 aromatic carbocycles. The van der Waals surface area contributed by atoms with Crippen molar-refractivity contribution in [2.24, 2.45) is 11.7 Å². The Hall–Kier alpha value is -3.14. The third kappa shape index (κ3) is 10.6. The summed E-state index contributed by atoms with van der Waals surface area (Å²) in [5, 5.41) is 0. The highest BCUT2D eigenvalue weighted by atomic mass is 16.7. The molecular formula is C26H39NO9. The van der Waals surface area contributed by atoms with Crippen molar-refractivity contribution in [2.75, 3.05) is 13.7 Å². The molecule has 0 fully saturated rings. The first-order chi connectivity index (χ1) is 16.9. The Morgan fingerprint density at radius 1 is 0.944 bits per heavy atom. The topological polar surface area (TPSA) is 140 Å². The maximum absolute atomic E-state index is 12.6. The molecule has 0 aliphatic carbocycles. The van der Waals surface area contributed by atoms with Crippen LogP contribution in [0.15, 0.2) is 18.2 Å². The van der Waals surface area contributed by atoms with Crippen LogP contribution in [0.3, 0.4) is 0 Å². The predicted molar refractivity (Wildman–Crippen MR) is 132 cm³/mol. The summed E-state index contributed by atoms with van der Waals surface area (Å²) in [6.45, 7) is 9.25. The lowest BCUT2D eigenvalue weighted by Crippen LogP contribution is -2.53. The predicted octanol–water partition coefficient (Wildman–Crippen LogP) is 4.10. The first-order valence-corrected chi connectivity index (χ1v) is 12.2. The zero-order valence-electron chi connectivity index (χ0n) is 22.1. The molecule has 2 N–H and O–H groups in total. The summed E-state index contributed by atoms with van der Waals surface area (Å²) in [4.78, 5) is 48.7. The van der Waals surface area contributed by atoms with Crippen LogP contribution in [0.2, 0.25) is 0 Å². The van der Waals surface area contributed by atoms with E-state index >= 15 is 0 Å². The highest BCUT2D eigenvalue weighted by molar-refractivity contribution is 5.81. The molecule has 1 aromatic rings. The van der Waals surface area contributed by atoms with Gasteiger partial charge < -0.3 is 29.4 Å². The molecule has 0 radical (unpaired) electrons. The summed E-state index contributed by atoms with van der Waals surface area (Å²) in [5.41, 5.74) is 5.39. The smallest absolute Gasteiger partial charge is 0.468 e. The Bertz CT molecular complexity index is 899. The van der Waals surface area contributed by atoms with Crippen LogP contribution in [-0.2, 0) is 35.0 Å². The van der Waals surface area contributed by atoms with Gasteiger partial charge >= 0.3 is 24.1 Å². The number of hydrogen-bond donors (Lipinski definition) is 1. The number of hydrogen-bond acceptors (Lipinski definition) is 10. The van der Waals surface area contributed by atoms with E-state index < -0.39 is 35.7 Å². The fourth-order valence-electron chi connectivity index (χ4n) is 3.36. The first kappa shape index (κ1) is 30.9. The van der Waals surface area contributed by atoms with E-state index in [1.807, 2.05) is 27.7 Å². The number of rotatable bonds is 14. The molecule has 0 aliphatic heterocycles. The summed E-state index contributed by atoms with van der Waals surface area (Å²) in [6.07, 6.45) is -0.147. The van der Waals surface area contributed by atoms with Gasteiger partial charge in [0, 0.05) is 25.7 Å². The number of carbonyl (C=O) groups is 4. The highest BCUT2D eigenvalue weighted by Crippen LogP contribution is 2.32. The van der Waals surface area contributed by atoms with Crippen molar-refractivity contribution in [1.29, 1.82) is 0 Å². The molecule has 36 heavy (non-hydrogen) atoms. The SMILES string of the molecule is CCCC(=O)Oc1ccc(CC(N)(C[C@H](C)OC(=O)OCC(C)C)C(=O)OC)cc1OC(=O)CCC. The van der Waals surface area contributed by atoms with Gasteiger partial charge in [0.25, 0.3) is 0 Å². The van der Waals surface area contributed by atoms with Gasteiger partial charge in [0.1, 0.15) is 11.6 Å². The van der Waals surface area contributed by atoms with E-state index in [1.165, 1.54) is 19.2 Å². The number of benzene rings is 1. The number of methoxy groups -OCH3 is 1. The number of nitrogens with two attached hydrogens (primary N) is 1. The van der Waals surface area contributed by atoms with E-state index in [0.29, 0.717) is 18.4 Å². The summed E-state index contributed by atoms with van der Waals surface area (Å²) in [6, 6.07) is 4.59. The summed E-state index contributed by atoms with van der Waals surface area (Å²) in [7, 11) is 1.21. The van der Waals surface area contributed by atoms with Crippen molar-refractivity contribution >= 4 is 24.1 Å². The quantitative estimate of drug-likeness (QED) is 0.288. The van der Waals surface area contributed by atoms with Crippen LogP contribution in [0, 0.1) is 5.92 Å². The van der Waals surface area contributed by atoms with Crippen molar-refractivity contribution in [1.82, 2.24) is 0 Å². The number of ether oxygens (including phenoxy) is 5. The van der Waals surface area contributed by atoms with E-state index in [9.17, 15) is 19.2 Å². The monoisotopic (exact) mass is 509 g/mol. The molecule has 10 heteroatoms. The molecule has 0 saturated heterocycles. The maximum Gasteiger partial charge on any atom is 0.508 e. The minimum Gasteiger partial charge on any atom is -0.468 e.